The molecule has 0 saturated carbocycles. The van der Waals surface area contributed by atoms with Crippen molar-refractivity contribution in [1.29, 1.82) is 0 Å². The second-order valence-corrected chi connectivity index (χ2v) is 3.31. The number of anilines is 1. The lowest BCUT2D eigenvalue weighted by atomic mass is 10.2. The smallest absolute Gasteiger partial charge is 0.338 e. The number of esters is 1. The predicted octanol–water partition coefficient (Wildman–Crippen LogP) is 1.47. The molecular formula is C12H17NO4. The Balaban J connectivity index is 2.75. The minimum atomic E-state index is -0.385. The summed E-state index contributed by atoms with van der Waals surface area (Å²) in [5, 5.41) is 0. The summed E-state index contributed by atoms with van der Waals surface area (Å²) in [6, 6.07) is 4.80. The summed E-state index contributed by atoms with van der Waals surface area (Å²) in [5.41, 5.74) is 6.63. The fourth-order valence-electron chi connectivity index (χ4n) is 1.24. The van der Waals surface area contributed by atoms with Gasteiger partial charge < -0.3 is 19.9 Å². The molecule has 0 atom stereocenters. The second-order valence-electron chi connectivity index (χ2n) is 3.31. The van der Waals surface area contributed by atoms with Gasteiger partial charge in [-0.1, -0.05) is 0 Å². The Morgan fingerprint density at radius 1 is 1.35 bits per heavy atom. The number of carbonyl (C=O) groups is 1. The molecule has 0 spiro atoms. The first-order valence-corrected chi connectivity index (χ1v) is 5.37. The number of benzene rings is 1. The lowest BCUT2D eigenvalue weighted by Crippen LogP contribution is -2.08. The van der Waals surface area contributed by atoms with E-state index in [4.69, 9.17) is 19.9 Å². The molecule has 0 amide bonds. The predicted molar refractivity (Wildman–Crippen MR) is 64.2 cm³/mol. The van der Waals surface area contributed by atoms with Gasteiger partial charge in [0.05, 0.1) is 24.5 Å². The van der Waals surface area contributed by atoms with Gasteiger partial charge in [0, 0.05) is 7.11 Å². The van der Waals surface area contributed by atoms with Crippen LogP contribution >= 0.6 is 0 Å². The molecule has 1 aromatic carbocycles. The number of nitrogens with two attached hydrogens (primary N) is 1. The number of hydrogen-bond acceptors (Lipinski definition) is 5. The summed E-state index contributed by atoms with van der Waals surface area (Å²) >= 11 is 0. The zero-order valence-electron chi connectivity index (χ0n) is 10.1. The number of nitrogen functional groups attached to an aromatic ring is 1. The van der Waals surface area contributed by atoms with E-state index in [1.165, 1.54) is 0 Å². The van der Waals surface area contributed by atoms with Crippen molar-refractivity contribution in [2.24, 2.45) is 0 Å². The normalized spacial score (nSPS) is 10.0. The van der Waals surface area contributed by atoms with Gasteiger partial charge in [0.25, 0.3) is 0 Å². The standard InChI is InChI=1S/C12H17NO4/c1-3-16-12(14)9-4-5-10(13)11(8-9)17-7-6-15-2/h4-5,8H,3,6-7,13H2,1-2H3. The van der Waals surface area contributed by atoms with Gasteiger partial charge in [0.15, 0.2) is 0 Å². The first-order valence-electron chi connectivity index (χ1n) is 5.37. The molecular weight excluding hydrogens is 222 g/mol. The second kappa shape index (κ2) is 6.75. The summed E-state index contributed by atoms with van der Waals surface area (Å²) in [7, 11) is 1.59. The molecule has 17 heavy (non-hydrogen) atoms. The van der Waals surface area contributed by atoms with Gasteiger partial charge in [-0.25, -0.2) is 4.79 Å². The summed E-state index contributed by atoms with van der Waals surface area (Å²) in [6.07, 6.45) is 0. The third kappa shape index (κ3) is 3.96. The van der Waals surface area contributed by atoms with Gasteiger partial charge in [0.1, 0.15) is 12.4 Å². The molecule has 5 nitrogen and oxygen atoms in total. The molecule has 0 aliphatic carbocycles. The first kappa shape index (κ1) is 13.3. The highest BCUT2D eigenvalue weighted by Gasteiger charge is 2.09. The summed E-state index contributed by atoms with van der Waals surface area (Å²) < 4.78 is 15.1. The van der Waals surface area contributed by atoms with Crippen molar-refractivity contribution in [2.75, 3.05) is 32.7 Å². The van der Waals surface area contributed by atoms with Crippen LogP contribution in [0.2, 0.25) is 0 Å². The molecule has 0 saturated heterocycles. The van der Waals surface area contributed by atoms with Crippen LogP contribution in [0.1, 0.15) is 17.3 Å². The SMILES string of the molecule is CCOC(=O)c1ccc(N)c(OCCOC)c1. The largest absolute Gasteiger partial charge is 0.489 e. The van der Waals surface area contributed by atoms with E-state index >= 15 is 0 Å². The van der Waals surface area contributed by atoms with Crippen molar-refractivity contribution in [3.05, 3.63) is 23.8 Å². The molecule has 1 aromatic rings. The van der Waals surface area contributed by atoms with Crippen molar-refractivity contribution in [3.8, 4) is 5.75 Å². The minimum absolute atomic E-state index is 0.336. The van der Waals surface area contributed by atoms with Gasteiger partial charge in [-0.3, -0.25) is 0 Å². The number of carbonyl (C=O) groups excluding carboxylic acids is 1. The fourth-order valence-corrected chi connectivity index (χ4v) is 1.24. The monoisotopic (exact) mass is 239 g/mol. The Bertz CT molecular complexity index is 379. The molecule has 0 aliphatic rings. The highest BCUT2D eigenvalue weighted by atomic mass is 16.5. The lowest BCUT2D eigenvalue weighted by molar-refractivity contribution is 0.0526. The Hall–Kier alpha value is -1.75. The van der Waals surface area contributed by atoms with Crippen LogP contribution in [0.25, 0.3) is 0 Å². The van der Waals surface area contributed by atoms with Crippen molar-refractivity contribution in [1.82, 2.24) is 0 Å². The summed E-state index contributed by atoms with van der Waals surface area (Å²) in [6.45, 7) is 2.93. The average molecular weight is 239 g/mol. The van der Waals surface area contributed by atoms with Crippen LogP contribution in [0.5, 0.6) is 5.75 Å². The van der Waals surface area contributed by atoms with Crippen LogP contribution in [0.4, 0.5) is 5.69 Å². The van der Waals surface area contributed by atoms with E-state index in [0.29, 0.717) is 36.8 Å². The quantitative estimate of drug-likeness (QED) is 0.462. The van der Waals surface area contributed by atoms with Gasteiger partial charge >= 0.3 is 5.97 Å². The van der Waals surface area contributed by atoms with E-state index < -0.39 is 0 Å². The van der Waals surface area contributed by atoms with Crippen molar-refractivity contribution in [2.45, 2.75) is 6.92 Å². The minimum Gasteiger partial charge on any atom is -0.489 e. The first-order chi connectivity index (χ1) is 8.19. The van der Waals surface area contributed by atoms with Crippen LogP contribution in [-0.2, 0) is 9.47 Å². The molecule has 2 N–H and O–H groups in total. The van der Waals surface area contributed by atoms with Gasteiger partial charge in [-0.05, 0) is 25.1 Å². The Morgan fingerprint density at radius 2 is 2.12 bits per heavy atom. The maximum Gasteiger partial charge on any atom is 0.338 e. The highest BCUT2D eigenvalue weighted by Crippen LogP contribution is 2.23. The van der Waals surface area contributed by atoms with Crippen LogP contribution < -0.4 is 10.5 Å². The van der Waals surface area contributed by atoms with E-state index in [0.717, 1.165) is 0 Å². The highest BCUT2D eigenvalue weighted by molar-refractivity contribution is 5.90. The molecule has 0 heterocycles. The maximum absolute atomic E-state index is 11.5. The molecule has 0 fully saturated rings. The van der Waals surface area contributed by atoms with E-state index in [1.54, 1.807) is 32.2 Å². The summed E-state index contributed by atoms with van der Waals surface area (Å²) in [4.78, 5) is 11.5. The maximum atomic E-state index is 11.5. The van der Waals surface area contributed by atoms with Gasteiger partial charge in [0.2, 0.25) is 0 Å². The van der Waals surface area contributed by atoms with Crippen LogP contribution in [0.15, 0.2) is 18.2 Å². The molecule has 0 aromatic heterocycles. The van der Waals surface area contributed by atoms with Crippen molar-refractivity contribution in [3.63, 3.8) is 0 Å². The number of methoxy groups -OCH3 is 1. The van der Waals surface area contributed by atoms with Crippen molar-refractivity contribution >= 4 is 11.7 Å². The number of ether oxygens (including phenoxy) is 3. The lowest BCUT2D eigenvalue weighted by Gasteiger charge is -2.10. The molecule has 5 heteroatoms. The molecule has 1 rings (SSSR count). The zero-order valence-corrected chi connectivity index (χ0v) is 10.1. The van der Waals surface area contributed by atoms with Gasteiger partial charge in [-0.15, -0.1) is 0 Å². The topological polar surface area (TPSA) is 70.8 Å². The molecule has 0 unspecified atom stereocenters. The third-order valence-electron chi connectivity index (χ3n) is 2.07. The Labute approximate surface area is 100 Å². The van der Waals surface area contributed by atoms with Crippen LogP contribution in [-0.4, -0.2) is 32.9 Å². The van der Waals surface area contributed by atoms with Crippen LogP contribution in [0, 0.1) is 0 Å². The molecule has 0 radical (unpaired) electrons. The number of hydrogen-bond donors (Lipinski definition) is 1. The third-order valence-corrected chi connectivity index (χ3v) is 2.07. The Kier molecular flexibility index (Phi) is 5.29. The fraction of sp³-hybridized carbons (Fsp3) is 0.417. The molecule has 94 valence electrons. The van der Waals surface area contributed by atoms with E-state index in [1.807, 2.05) is 0 Å². The molecule has 0 aliphatic heterocycles. The Morgan fingerprint density at radius 3 is 2.76 bits per heavy atom. The zero-order chi connectivity index (χ0) is 12.7. The summed E-state index contributed by atoms with van der Waals surface area (Å²) in [5.74, 6) is 0.0803. The van der Waals surface area contributed by atoms with E-state index in [9.17, 15) is 4.79 Å². The van der Waals surface area contributed by atoms with E-state index in [2.05, 4.69) is 0 Å². The number of rotatable bonds is 6. The average Bonchev–Trinajstić information content (AvgIpc) is 2.32. The molecule has 0 bridgehead atoms. The van der Waals surface area contributed by atoms with Crippen molar-refractivity contribution < 1.29 is 19.0 Å². The van der Waals surface area contributed by atoms with Crippen LogP contribution in [0.3, 0.4) is 0 Å². The van der Waals surface area contributed by atoms with Gasteiger partial charge in [-0.2, -0.15) is 0 Å². The van der Waals surface area contributed by atoms with E-state index in [-0.39, 0.29) is 5.97 Å².